The van der Waals surface area contributed by atoms with Crippen LogP contribution in [0.5, 0.6) is 0 Å². The van der Waals surface area contributed by atoms with Crippen LogP contribution in [0.4, 0.5) is 0 Å². The molecule has 3 aromatic heterocycles. The minimum Gasteiger partial charge on any atom is -0.216 e. The van der Waals surface area contributed by atoms with Crippen LogP contribution in [0, 0.1) is 6.92 Å². The van der Waals surface area contributed by atoms with Crippen LogP contribution >= 0.6 is 34.9 Å². The molecule has 0 atom stereocenters. The summed E-state index contributed by atoms with van der Waals surface area (Å²) in [5.41, 5.74) is 0.852. The maximum Gasteiger partial charge on any atom is 0.254 e. The second-order valence-electron chi connectivity index (χ2n) is 3.11. The van der Waals surface area contributed by atoms with Crippen molar-refractivity contribution in [3.05, 3.63) is 23.4 Å². The zero-order valence-corrected chi connectivity index (χ0v) is 10.9. The van der Waals surface area contributed by atoms with Gasteiger partial charge in [-0.15, -0.1) is 0 Å². The molecule has 0 amide bonds. The number of nitrogens with zero attached hydrogens (tertiary/aromatic N) is 6. The van der Waals surface area contributed by atoms with Crippen molar-refractivity contribution < 1.29 is 0 Å². The Morgan fingerprint density at radius 2 is 2.24 bits per heavy atom. The Morgan fingerprint density at radius 1 is 1.35 bits per heavy atom. The van der Waals surface area contributed by atoms with E-state index < -0.39 is 0 Å². The van der Waals surface area contributed by atoms with E-state index in [1.807, 2.05) is 6.92 Å². The van der Waals surface area contributed by atoms with E-state index in [0.717, 1.165) is 14.9 Å². The van der Waals surface area contributed by atoms with Gasteiger partial charge in [0.25, 0.3) is 5.78 Å². The van der Waals surface area contributed by atoms with Crippen molar-refractivity contribution in [2.75, 3.05) is 0 Å². The number of aromatic nitrogens is 6. The van der Waals surface area contributed by atoms with Gasteiger partial charge in [-0.3, -0.25) is 0 Å². The summed E-state index contributed by atoms with van der Waals surface area (Å²) >= 11 is 8.82. The number of hydrogen-bond acceptors (Lipinski definition) is 7. The number of hydrogen-bond donors (Lipinski definition) is 0. The molecule has 0 saturated heterocycles. The van der Waals surface area contributed by atoms with Gasteiger partial charge < -0.3 is 0 Å². The van der Waals surface area contributed by atoms with Gasteiger partial charge in [-0.2, -0.15) is 24.0 Å². The molecule has 0 saturated carbocycles. The molecule has 17 heavy (non-hydrogen) atoms. The highest BCUT2D eigenvalue weighted by Gasteiger charge is 2.14. The highest BCUT2D eigenvalue weighted by molar-refractivity contribution is 8.00. The van der Waals surface area contributed by atoms with E-state index in [-0.39, 0.29) is 0 Å². The Kier molecular flexibility index (Phi) is 2.69. The van der Waals surface area contributed by atoms with Crippen molar-refractivity contribution in [3.63, 3.8) is 0 Å². The summed E-state index contributed by atoms with van der Waals surface area (Å²) in [7, 11) is 0. The quantitative estimate of drug-likeness (QED) is 0.671. The third-order valence-corrected chi connectivity index (χ3v) is 4.33. The fourth-order valence-electron chi connectivity index (χ4n) is 1.28. The predicted octanol–water partition coefficient (Wildman–Crippen LogP) is 2.09. The van der Waals surface area contributed by atoms with E-state index in [1.165, 1.54) is 35.9 Å². The normalized spacial score (nSPS) is 11.2. The molecule has 0 radical (unpaired) electrons. The molecule has 3 rings (SSSR count). The minimum absolute atomic E-state index is 0.428. The van der Waals surface area contributed by atoms with Gasteiger partial charge in [0.1, 0.15) is 22.8 Å². The van der Waals surface area contributed by atoms with Crippen molar-refractivity contribution >= 4 is 40.7 Å². The van der Waals surface area contributed by atoms with E-state index in [2.05, 4.69) is 24.4 Å². The highest BCUT2D eigenvalue weighted by atomic mass is 35.5. The van der Waals surface area contributed by atoms with Crippen LogP contribution in [-0.4, -0.2) is 28.9 Å². The summed E-state index contributed by atoms with van der Waals surface area (Å²) in [6.07, 6.45) is 2.96. The van der Waals surface area contributed by atoms with E-state index in [1.54, 1.807) is 4.52 Å². The first kappa shape index (κ1) is 10.9. The third kappa shape index (κ3) is 1.88. The first-order valence-corrected chi connectivity index (χ1v) is 6.53. The summed E-state index contributed by atoms with van der Waals surface area (Å²) in [4.78, 5) is 12.3. The van der Waals surface area contributed by atoms with Gasteiger partial charge in [0.2, 0.25) is 0 Å². The van der Waals surface area contributed by atoms with Crippen molar-refractivity contribution in [2.24, 2.45) is 0 Å². The van der Waals surface area contributed by atoms with Gasteiger partial charge in [-0.05, 0) is 30.2 Å². The molecular weight excluding hydrogens is 280 g/mol. The lowest BCUT2D eigenvalue weighted by Gasteiger charge is -2.06. The largest absolute Gasteiger partial charge is 0.254 e. The molecule has 0 aromatic carbocycles. The summed E-state index contributed by atoms with van der Waals surface area (Å²) < 4.78 is 6.43. The Labute approximate surface area is 109 Å². The average Bonchev–Trinajstić information content (AvgIpc) is 2.94. The van der Waals surface area contributed by atoms with Gasteiger partial charge in [0.15, 0.2) is 4.34 Å². The van der Waals surface area contributed by atoms with Crippen molar-refractivity contribution in [1.82, 2.24) is 28.9 Å². The molecule has 0 fully saturated rings. The molecule has 0 aliphatic carbocycles. The van der Waals surface area contributed by atoms with Gasteiger partial charge in [0.05, 0.1) is 0 Å². The Morgan fingerprint density at radius 3 is 3.00 bits per heavy atom. The minimum atomic E-state index is 0.428. The lowest BCUT2D eigenvalue weighted by atomic mass is 10.4. The standard InChI is InChI=1S/C8H5ClN6S2/c1-4-5(9)14-7-10-2-12-15(7)6(4)16-8-11-3-13-17-8/h2-3H,1H3. The van der Waals surface area contributed by atoms with Gasteiger partial charge >= 0.3 is 0 Å². The molecule has 6 nitrogen and oxygen atoms in total. The maximum atomic E-state index is 6.05. The Balaban J connectivity index is 2.19. The first-order chi connectivity index (χ1) is 8.25. The second kappa shape index (κ2) is 4.21. The molecule has 86 valence electrons. The van der Waals surface area contributed by atoms with Gasteiger partial charge in [0, 0.05) is 5.56 Å². The first-order valence-electron chi connectivity index (χ1n) is 4.56. The van der Waals surface area contributed by atoms with E-state index in [4.69, 9.17) is 11.6 Å². The van der Waals surface area contributed by atoms with Crippen molar-refractivity contribution in [2.45, 2.75) is 16.3 Å². The molecule has 0 aliphatic rings. The lowest BCUT2D eigenvalue weighted by molar-refractivity contribution is 0.825. The van der Waals surface area contributed by atoms with Crippen LogP contribution < -0.4 is 0 Å². The van der Waals surface area contributed by atoms with Crippen LogP contribution in [0.1, 0.15) is 5.56 Å². The molecule has 9 heteroatoms. The zero-order valence-electron chi connectivity index (χ0n) is 8.53. The summed E-state index contributed by atoms with van der Waals surface area (Å²) in [5.74, 6) is 0.479. The number of fused-ring (bicyclic) bond motifs is 1. The predicted molar refractivity (Wildman–Crippen MR) is 64.6 cm³/mol. The third-order valence-electron chi connectivity index (χ3n) is 2.08. The average molecular weight is 285 g/mol. The molecular formula is C8H5ClN6S2. The van der Waals surface area contributed by atoms with E-state index in [9.17, 15) is 0 Å². The Bertz CT molecular complexity index is 664. The number of halogens is 1. The van der Waals surface area contributed by atoms with Crippen LogP contribution in [0.2, 0.25) is 5.15 Å². The fraction of sp³-hybridized carbons (Fsp3) is 0.125. The molecule has 0 aliphatic heterocycles. The van der Waals surface area contributed by atoms with Crippen LogP contribution in [0.25, 0.3) is 5.78 Å². The Hall–Kier alpha value is -1.25. The maximum absolute atomic E-state index is 6.05. The summed E-state index contributed by atoms with van der Waals surface area (Å²) in [6, 6.07) is 0. The molecule has 3 aromatic rings. The molecule has 0 spiro atoms. The van der Waals surface area contributed by atoms with E-state index in [0.29, 0.717) is 10.9 Å². The SMILES string of the molecule is Cc1c(Cl)nc2ncnn2c1Sc1ncns1. The lowest BCUT2D eigenvalue weighted by Crippen LogP contribution is -1.99. The number of rotatable bonds is 2. The molecule has 0 unspecified atom stereocenters. The smallest absolute Gasteiger partial charge is 0.216 e. The summed E-state index contributed by atoms with van der Waals surface area (Å²) in [5, 5.41) is 5.41. The molecule has 3 heterocycles. The monoisotopic (exact) mass is 284 g/mol. The molecule has 0 bridgehead atoms. The van der Waals surface area contributed by atoms with Crippen LogP contribution in [-0.2, 0) is 0 Å². The topological polar surface area (TPSA) is 68.9 Å². The summed E-state index contributed by atoms with van der Waals surface area (Å²) in [6.45, 7) is 1.89. The van der Waals surface area contributed by atoms with Gasteiger partial charge in [-0.1, -0.05) is 11.6 Å². The van der Waals surface area contributed by atoms with E-state index >= 15 is 0 Å². The van der Waals surface area contributed by atoms with Crippen molar-refractivity contribution in [3.8, 4) is 0 Å². The highest BCUT2D eigenvalue weighted by Crippen LogP contribution is 2.32. The van der Waals surface area contributed by atoms with Gasteiger partial charge in [-0.25, -0.2) is 4.98 Å². The van der Waals surface area contributed by atoms with Crippen molar-refractivity contribution in [1.29, 1.82) is 0 Å². The second-order valence-corrected chi connectivity index (χ2v) is 5.49. The zero-order chi connectivity index (χ0) is 11.8. The van der Waals surface area contributed by atoms with Crippen LogP contribution in [0.15, 0.2) is 22.0 Å². The fourth-order valence-corrected chi connectivity index (χ4v) is 3.03. The molecule has 0 N–H and O–H groups in total. The van der Waals surface area contributed by atoms with Crippen LogP contribution in [0.3, 0.4) is 0 Å².